The van der Waals surface area contributed by atoms with Gasteiger partial charge in [0.1, 0.15) is 0 Å². The highest BCUT2D eigenvalue weighted by Crippen LogP contribution is 2.38. The van der Waals surface area contributed by atoms with Gasteiger partial charge in [0.05, 0.1) is 13.2 Å². The van der Waals surface area contributed by atoms with Gasteiger partial charge < -0.3 is 9.84 Å². The van der Waals surface area contributed by atoms with Crippen molar-refractivity contribution >= 4 is 0 Å². The second-order valence-corrected chi connectivity index (χ2v) is 4.98. The Kier molecular flexibility index (Phi) is 6.26. The fourth-order valence-corrected chi connectivity index (χ4v) is 2.34. The Morgan fingerprint density at radius 2 is 1.67 bits per heavy atom. The van der Waals surface area contributed by atoms with Crippen LogP contribution in [0.5, 0.6) is 0 Å². The van der Waals surface area contributed by atoms with E-state index in [4.69, 9.17) is 9.84 Å². The van der Waals surface area contributed by atoms with Crippen LogP contribution in [0.4, 0.5) is 0 Å². The van der Waals surface area contributed by atoms with Gasteiger partial charge in [-0.15, -0.1) is 0 Å². The Morgan fingerprint density at radius 1 is 1.00 bits per heavy atom. The van der Waals surface area contributed by atoms with Gasteiger partial charge in [-0.05, 0) is 19.3 Å². The molecule has 1 aliphatic rings. The molecule has 1 rings (SSSR count). The zero-order chi connectivity index (χ0) is 11.0. The van der Waals surface area contributed by atoms with Crippen LogP contribution in [0.2, 0.25) is 0 Å². The lowest BCUT2D eigenvalue weighted by molar-refractivity contribution is -0.123. The second-order valence-electron chi connectivity index (χ2n) is 4.98. The summed E-state index contributed by atoms with van der Waals surface area (Å²) in [5, 5.41) is 8.72. The Labute approximate surface area is 94.0 Å². The summed E-state index contributed by atoms with van der Waals surface area (Å²) in [4.78, 5) is 0. The molecule has 0 aromatic rings. The van der Waals surface area contributed by atoms with Gasteiger partial charge in [-0.3, -0.25) is 0 Å². The molecule has 0 saturated carbocycles. The van der Waals surface area contributed by atoms with Crippen molar-refractivity contribution in [2.24, 2.45) is 5.41 Å². The van der Waals surface area contributed by atoms with E-state index in [1.807, 2.05) is 0 Å². The van der Waals surface area contributed by atoms with Crippen LogP contribution in [0.25, 0.3) is 0 Å². The first-order chi connectivity index (χ1) is 7.33. The molecule has 0 aromatic carbocycles. The van der Waals surface area contributed by atoms with Crippen molar-refractivity contribution in [3.8, 4) is 0 Å². The first-order valence-corrected chi connectivity index (χ1v) is 6.51. The predicted molar refractivity (Wildman–Crippen MR) is 62.9 cm³/mol. The first kappa shape index (κ1) is 13.0. The first-order valence-electron chi connectivity index (χ1n) is 6.51. The lowest BCUT2D eigenvalue weighted by atomic mass is 9.76. The molecule has 0 unspecified atom stereocenters. The smallest absolute Gasteiger partial charge is 0.0544 e. The molecule has 0 radical (unpaired) electrons. The number of rotatable bonds is 9. The maximum atomic E-state index is 8.72. The summed E-state index contributed by atoms with van der Waals surface area (Å²) >= 11 is 0. The fourth-order valence-electron chi connectivity index (χ4n) is 2.34. The van der Waals surface area contributed by atoms with E-state index in [9.17, 15) is 0 Å². The van der Waals surface area contributed by atoms with Crippen LogP contribution < -0.4 is 0 Å². The minimum atomic E-state index is 0.347. The van der Waals surface area contributed by atoms with Crippen molar-refractivity contribution in [2.45, 2.75) is 58.3 Å². The number of aliphatic hydroxyl groups excluding tert-OH is 1. The molecule has 0 bridgehead atoms. The molecule has 1 fully saturated rings. The van der Waals surface area contributed by atoms with Crippen LogP contribution in [0.3, 0.4) is 0 Å². The summed E-state index contributed by atoms with van der Waals surface area (Å²) in [5.41, 5.74) is 0.518. The largest absolute Gasteiger partial charge is 0.396 e. The number of unbranched alkanes of at least 4 members (excludes halogenated alkanes) is 4. The van der Waals surface area contributed by atoms with Crippen molar-refractivity contribution < 1.29 is 9.84 Å². The van der Waals surface area contributed by atoms with Gasteiger partial charge in [0, 0.05) is 12.0 Å². The third-order valence-electron chi connectivity index (χ3n) is 3.49. The van der Waals surface area contributed by atoms with Crippen LogP contribution in [0.1, 0.15) is 58.3 Å². The number of ether oxygens (including phenoxy) is 1. The summed E-state index contributed by atoms with van der Waals surface area (Å²) in [6.45, 7) is 4.57. The number of hydrogen-bond donors (Lipinski definition) is 1. The molecule has 1 aliphatic heterocycles. The molecule has 2 nitrogen and oxygen atoms in total. The summed E-state index contributed by atoms with van der Waals surface area (Å²) in [5.74, 6) is 0. The molecular weight excluding hydrogens is 188 g/mol. The zero-order valence-electron chi connectivity index (χ0n) is 10.1. The topological polar surface area (TPSA) is 29.5 Å². The van der Waals surface area contributed by atoms with Crippen LogP contribution in [-0.4, -0.2) is 24.9 Å². The van der Waals surface area contributed by atoms with E-state index >= 15 is 0 Å². The van der Waals surface area contributed by atoms with Crippen molar-refractivity contribution in [1.29, 1.82) is 0 Å². The molecule has 1 N–H and O–H groups in total. The molecule has 1 heterocycles. The van der Waals surface area contributed by atoms with Gasteiger partial charge in [0.2, 0.25) is 0 Å². The van der Waals surface area contributed by atoms with Crippen molar-refractivity contribution in [3.63, 3.8) is 0 Å². The lowest BCUT2D eigenvalue weighted by Crippen LogP contribution is -2.42. The third kappa shape index (κ3) is 4.52. The van der Waals surface area contributed by atoms with Gasteiger partial charge in [-0.25, -0.2) is 0 Å². The number of hydrogen-bond acceptors (Lipinski definition) is 2. The summed E-state index contributed by atoms with van der Waals surface area (Å²) in [6, 6.07) is 0. The Bertz CT molecular complexity index is 153. The minimum absolute atomic E-state index is 0.347. The molecule has 1 saturated heterocycles. The molecule has 0 amide bonds. The third-order valence-corrected chi connectivity index (χ3v) is 3.49. The standard InChI is InChI=1S/C13H26O2/c1-2-3-5-8-13(11-15-12-13)9-6-4-7-10-14/h14H,2-12H2,1H3. The zero-order valence-corrected chi connectivity index (χ0v) is 10.1. The monoisotopic (exact) mass is 214 g/mol. The average molecular weight is 214 g/mol. The van der Waals surface area contributed by atoms with Crippen LogP contribution in [0, 0.1) is 5.41 Å². The molecule has 15 heavy (non-hydrogen) atoms. The highest BCUT2D eigenvalue weighted by atomic mass is 16.5. The SMILES string of the molecule is CCCCCC1(CCCCCO)COC1. The van der Waals surface area contributed by atoms with Gasteiger partial charge in [0.25, 0.3) is 0 Å². The fraction of sp³-hybridized carbons (Fsp3) is 1.00. The highest BCUT2D eigenvalue weighted by Gasteiger charge is 2.36. The maximum absolute atomic E-state index is 8.72. The van der Waals surface area contributed by atoms with E-state index in [0.717, 1.165) is 19.6 Å². The van der Waals surface area contributed by atoms with E-state index in [1.165, 1.54) is 44.9 Å². The second kappa shape index (κ2) is 7.24. The van der Waals surface area contributed by atoms with Crippen molar-refractivity contribution in [1.82, 2.24) is 0 Å². The lowest BCUT2D eigenvalue weighted by Gasteiger charge is -2.42. The predicted octanol–water partition coefficient (Wildman–Crippen LogP) is 3.14. The molecular formula is C13H26O2. The van der Waals surface area contributed by atoms with Gasteiger partial charge >= 0.3 is 0 Å². The highest BCUT2D eigenvalue weighted by molar-refractivity contribution is 4.85. The molecule has 90 valence electrons. The molecule has 0 aromatic heterocycles. The molecule has 0 atom stereocenters. The van der Waals surface area contributed by atoms with E-state index in [0.29, 0.717) is 12.0 Å². The van der Waals surface area contributed by atoms with Gasteiger partial charge in [-0.2, -0.15) is 0 Å². The molecule has 2 heteroatoms. The van der Waals surface area contributed by atoms with Crippen LogP contribution in [-0.2, 0) is 4.74 Å². The summed E-state index contributed by atoms with van der Waals surface area (Å²) < 4.78 is 5.38. The molecule has 0 aliphatic carbocycles. The van der Waals surface area contributed by atoms with E-state index in [-0.39, 0.29) is 0 Å². The summed E-state index contributed by atoms with van der Waals surface area (Å²) in [7, 11) is 0. The quantitative estimate of drug-likeness (QED) is 0.597. The van der Waals surface area contributed by atoms with E-state index in [2.05, 4.69) is 6.92 Å². The van der Waals surface area contributed by atoms with Crippen molar-refractivity contribution in [3.05, 3.63) is 0 Å². The van der Waals surface area contributed by atoms with Gasteiger partial charge in [-0.1, -0.05) is 39.0 Å². The Hall–Kier alpha value is -0.0800. The Balaban J connectivity index is 2.09. The summed E-state index contributed by atoms with van der Waals surface area (Å²) in [6.07, 6.45) is 10.1. The minimum Gasteiger partial charge on any atom is -0.396 e. The van der Waals surface area contributed by atoms with E-state index < -0.39 is 0 Å². The van der Waals surface area contributed by atoms with Crippen LogP contribution in [0.15, 0.2) is 0 Å². The average Bonchev–Trinajstić information content (AvgIpc) is 2.19. The number of aliphatic hydroxyl groups is 1. The molecule has 0 spiro atoms. The van der Waals surface area contributed by atoms with Crippen LogP contribution >= 0.6 is 0 Å². The van der Waals surface area contributed by atoms with Crippen molar-refractivity contribution in [2.75, 3.05) is 19.8 Å². The Morgan fingerprint density at radius 3 is 2.13 bits per heavy atom. The normalized spacial score (nSPS) is 18.8. The van der Waals surface area contributed by atoms with E-state index in [1.54, 1.807) is 0 Å². The van der Waals surface area contributed by atoms with Gasteiger partial charge in [0.15, 0.2) is 0 Å². The maximum Gasteiger partial charge on any atom is 0.0544 e.